The third-order valence-corrected chi connectivity index (χ3v) is 4.54. The Labute approximate surface area is 142 Å². The van der Waals surface area contributed by atoms with Crippen LogP contribution in [-0.2, 0) is 11.3 Å². The number of piperidine rings is 1. The molecule has 0 saturated carbocycles. The number of rotatable bonds is 5. The van der Waals surface area contributed by atoms with Gasteiger partial charge in [0, 0.05) is 30.7 Å². The van der Waals surface area contributed by atoms with E-state index in [-0.39, 0.29) is 18.5 Å². The third kappa shape index (κ3) is 4.20. The number of hydrogen-bond donors (Lipinski definition) is 1. The number of carbonyl (C=O) groups excluding carboxylic acids is 1. The number of likely N-dealkylation sites (tertiary alicyclic amines) is 1. The standard InChI is InChI=1S/C18H25N5O/c1-14(2)22-10-8-16(9-11-22)19-18(24)13-23-12-17(20-21-23)15-6-4-3-5-7-15/h3-7,12,14,16H,8-11,13H2,1-2H3,(H,19,24). The van der Waals surface area contributed by atoms with E-state index < -0.39 is 0 Å². The van der Waals surface area contributed by atoms with Crippen LogP contribution in [0.1, 0.15) is 26.7 Å². The average Bonchev–Trinajstić information content (AvgIpc) is 3.04. The number of aromatic nitrogens is 3. The Morgan fingerprint density at radius 2 is 1.96 bits per heavy atom. The lowest BCUT2D eigenvalue weighted by atomic mass is 10.0. The zero-order valence-electron chi connectivity index (χ0n) is 14.4. The number of nitrogens with one attached hydrogen (secondary N) is 1. The maximum absolute atomic E-state index is 12.2. The molecule has 1 aliphatic heterocycles. The van der Waals surface area contributed by atoms with Crippen LogP contribution < -0.4 is 5.32 Å². The first-order valence-electron chi connectivity index (χ1n) is 8.61. The number of carbonyl (C=O) groups is 1. The second kappa shape index (κ2) is 7.57. The van der Waals surface area contributed by atoms with Crippen LogP contribution in [0.4, 0.5) is 0 Å². The van der Waals surface area contributed by atoms with Gasteiger partial charge in [-0.25, -0.2) is 4.68 Å². The molecular formula is C18H25N5O. The van der Waals surface area contributed by atoms with E-state index >= 15 is 0 Å². The highest BCUT2D eigenvalue weighted by molar-refractivity contribution is 5.76. The minimum atomic E-state index is 0.00232. The Bertz CT molecular complexity index is 659. The molecule has 6 nitrogen and oxygen atoms in total. The van der Waals surface area contributed by atoms with E-state index in [9.17, 15) is 4.79 Å². The minimum Gasteiger partial charge on any atom is -0.352 e. The fraction of sp³-hybridized carbons (Fsp3) is 0.500. The van der Waals surface area contributed by atoms with Gasteiger partial charge in [0.15, 0.2) is 0 Å². The van der Waals surface area contributed by atoms with Gasteiger partial charge < -0.3 is 10.2 Å². The topological polar surface area (TPSA) is 63.1 Å². The molecule has 1 N–H and O–H groups in total. The second-order valence-corrected chi connectivity index (χ2v) is 6.64. The van der Waals surface area contributed by atoms with Crippen LogP contribution in [0, 0.1) is 0 Å². The molecule has 1 fully saturated rings. The van der Waals surface area contributed by atoms with Gasteiger partial charge in [-0.3, -0.25) is 4.79 Å². The first-order valence-corrected chi connectivity index (χ1v) is 8.61. The molecule has 6 heteroatoms. The Morgan fingerprint density at radius 3 is 2.62 bits per heavy atom. The molecule has 0 radical (unpaired) electrons. The van der Waals surface area contributed by atoms with Gasteiger partial charge in [0.25, 0.3) is 0 Å². The number of benzene rings is 1. The highest BCUT2D eigenvalue weighted by atomic mass is 16.2. The highest BCUT2D eigenvalue weighted by Gasteiger charge is 2.22. The zero-order chi connectivity index (χ0) is 16.9. The Hall–Kier alpha value is -2.21. The largest absolute Gasteiger partial charge is 0.352 e. The van der Waals surface area contributed by atoms with E-state index in [2.05, 4.69) is 34.4 Å². The van der Waals surface area contributed by atoms with Crippen LogP contribution in [0.15, 0.2) is 36.5 Å². The normalized spacial score (nSPS) is 16.5. The lowest BCUT2D eigenvalue weighted by Crippen LogP contribution is -2.47. The Kier molecular flexibility index (Phi) is 5.25. The van der Waals surface area contributed by atoms with E-state index in [1.807, 2.05) is 36.5 Å². The van der Waals surface area contributed by atoms with E-state index in [1.54, 1.807) is 4.68 Å². The predicted octanol–water partition coefficient (Wildman–Crippen LogP) is 1.93. The smallest absolute Gasteiger partial charge is 0.242 e. The Balaban J connectivity index is 1.50. The summed E-state index contributed by atoms with van der Waals surface area (Å²) >= 11 is 0. The van der Waals surface area contributed by atoms with Crippen LogP contribution in [-0.4, -0.2) is 51.0 Å². The quantitative estimate of drug-likeness (QED) is 0.911. The number of amides is 1. The van der Waals surface area contributed by atoms with Crippen LogP contribution >= 0.6 is 0 Å². The van der Waals surface area contributed by atoms with E-state index in [0.29, 0.717) is 6.04 Å². The van der Waals surface area contributed by atoms with Crippen molar-refractivity contribution in [3.63, 3.8) is 0 Å². The van der Waals surface area contributed by atoms with Gasteiger partial charge in [0.1, 0.15) is 12.2 Å². The van der Waals surface area contributed by atoms with Gasteiger partial charge in [-0.1, -0.05) is 35.5 Å². The van der Waals surface area contributed by atoms with Crippen molar-refractivity contribution >= 4 is 5.91 Å². The molecular weight excluding hydrogens is 302 g/mol. The monoisotopic (exact) mass is 327 g/mol. The molecule has 1 aromatic heterocycles. The molecule has 1 saturated heterocycles. The average molecular weight is 327 g/mol. The summed E-state index contributed by atoms with van der Waals surface area (Å²) in [7, 11) is 0. The van der Waals surface area contributed by atoms with Gasteiger partial charge in [-0.2, -0.15) is 0 Å². The molecule has 1 aliphatic rings. The van der Waals surface area contributed by atoms with Crippen LogP contribution in [0.25, 0.3) is 11.3 Å². The van der Waals surface area contributed by atoms with Crippen LogP contribution in [0.3, 0.4) is 0 Å². The van der Waals surface area contributed by atoms with Gasteiger partial charge in [-0.05, 0) is 26.7 Å². The molecule has 24 heavy (non-hydrogen) atoms. The molecule has 0 spiro atoms. The SMILES string of the molecule is CC(C)N1CCC(NC(=O)Cn2cc(-c3ccccc3)nn2)CC1. The number of hydrogen-bond acceptors (Lipinski definition) is 4. The van der Waals surface area contributed by atoms with Crippen LogP contribution in [0.2, 0.25) is 0 Å². The van der Waals surface area contributed by atoms with Crippen molar-refractivity contribution in [2.45, 2.75) is 45.3 Å². The molecule has 3 rings (SSSR count). The van der Waals surface area contributed by atoms with Crippen molar-refractivity contribution in [2.24, 2.45) is 0 Å². The first-order chi connectivity index (χ1) is 11.6. The summed E-state index contributed by atoms with van der Waals surface area (Å²) in [5.41, 5.74) is 1.79. The number of nitrogens with zero attached hydrogens (tertiary/aromatic N) is 4. The molecule has 0 bridgehead atoms. The Morgan fingerprint density at radius 1 is 1.25 bits per heavy atom. The fourth-order valence-electron chi connectivity index (χ4n) is 3.10. The molecule has 128 valence electrons. The molecule has 0 atom stereocenters. The van der Waals surface area contributed by atoms with Gasteiger partial charge in [-0.15, -0.1) is 5.10 Å². The van der Waals surface area contributed by atoms with Crippen molar-refractivity contribution in [3.05, 3.63) is 36.5 Å². The molecule has 1 aromatic carbocycles. The molecule has 0 aliphatic carbocycles. The highest BCUT2D eigenvalue weighted by Crippen LogP contribution is 2.15. The van der Waals surface area contributed by atoms with E-state index in [1.165, 1.54) is 0 Å². The summed E-state index contributed by atoms with van der Waals surface area (Å²) in [6, 6.07) is 10.7. The molecule has 1 amide bonds. The van der Waals surface area contributed by atoms with Crippen molar-refractivity contribution in [1.82, 2.24) is 25.2 Å². The fourth-order valence-corrected chi connectivity index (χ4v) is 3.10. The van der Waals surface area contributed by atoms with Crippen molar-refractivity contribution in [2.75, 3.05) is 13.1 Å². The van der Waals surface area contributed by atoms with Gasteiger partial charge in [0.05, 0.1) is 6.20 Å². The predicted molar refractivity (Wildman–Crippen MR) is 93.3 cm³/mol. The third-order valence-electron chi connectivity index (χ3n) is 4.54. The second-order valence-electron chi connectivity index (χ2n) is 6.64. The molecule has 0 unspecified atom stereocenters. The molecule has 2 aromatic rings. The summed E-state index contributed by atoms with van der Waals surface area (Å²) in [6.45, 7) is 6.74. The van der Waals surface area contributed by atoms with Crippen LogP contribution in [0.5, 0.6) is 0 Å². The lowest BCUT2D eigenvalue weighted by molar-refractivity contribution is -0.122. The van der Waals surface area contributed by atoms with Gasteiger partial charge >= 0.3 is 0 Å². The maximum Gasteiger partial charge on any atom is 0.242 e. The van der Waals surface area contributed by atoms with Crippen molar-refractivity contribution in [1.29, 1.82) is 0 Å². The van der Waals surface area contributed by atoms with E-state index in [4.69, 9.17) is 0 Å². The summed E-state index contributed by atoms with van der Waals surface area (Å²) in [5.74, 6) is 0.00232. The minimum absolute atomic E-state index is 0.00232. The zero-order valence-corrected chi connectivity index (χ0v) is 14.4. The lowest BCUT2D eigenvalue weighted by Gasteiger charge is -2.34. The maximum atomic E-state index is 12.2. The van der Waals surface area contributed by atoms with Gasteiger partial charge in [0.2, 0.25) is 5.91 Å². The summed E-state index contributed by atoms with van der Waals surface area (Å²) in [6.07, 6.45) is 3.84. The van der Waals surface area contributed by atoms with Crippen molar-refractivity contribution < 1.29 is 4.79 Å². The first kappa shape index (κ1) is 16.6. The molecule has 2 heterocycles. The van der Waals surface area contributed by atoms with E-state index in [0.717, 1.165) is 37.2 Å². The summed E-state index contributed by atoms with van der Waals surface area (Å²) in [5, 5.41) is 11.3. The van der Waals surface area contributed by atoms with Crippen molar-refractivity contribution in [3.8, 4) is 11.3 Å². The summed E-state index contributed by atoms with van der Waals surface area (Å²) < 4.78 is 1.60. The summed E-state index contributed by atoms with van der Waals surface area (Å²) in [4.78, 5) is 14.7.